The summed E-state index contributed by atoms with van der Waals surface area (Å²) in [5.41, 5.74) is 11.7. The van der Waals surface area contributed by atoms with E-state index >= 15 is 0 Å². The number of aliphatic carboxylic acids is 1. The summed E-state index contributed by atoms with van der Waals surface area (Å²) in [6.07, 6.45) is -0.182. The van der Waals surface area contributed by atoms with Crippen LogP contribution >= 0.6 is 0 Å². The molecular weight excluding hydrogens is 470 g/mol. The highest BCUT2D eigenvalue weighted by Gasteiger charge is 2.32. The quantitative estimate of drug-likeness (QED) is 0.172. The van der Waals surface area contributed by atoms with Gasteiger partial charge in [-0.05, 0) is 36.0 Å². The predicted octanol–water partition coefficient (Wildman–Crippen LogP) is -0.621. The first-order valence-corrected chi connectivity index (χ1v) is 11.7. The monoisotopic (exact) mass is 507 g/mol. The molecule has 4 atom stereocenters. The van der Waals surface area contributed by atoms with Crippen molar-refractivity contribution in [2.24, 2.45) is 23.3 Å². The SMILES string of the molecule is CC(C)CC(N)C(=O)NC(Cc1ccc(O)cc1)C(=O)NC(C(=O)NC(CC(N)=O)C(=O)O)C(C)C. The molecule has 0 aromatic heterocycles. The molecule has 0 radical (unpaired) electrons. The third kappa shape index (κ3) is 10.3. The lowest BCUT2D eigenvalue weighted by Crippen LogP contribution is -2.59. The molecule has 0 saturated heterocycles. The van der Waals surface area contributed by atoms with Crippen LogP contribution in [0.3, 0.4) is 0 Å². The molecule has 0 aliphatic rings. The van der Waals surface area contributed by atoms with E-state index in [1.54, 1.807) is 26.0 Å². The summed E-state index contributed by atoms with van der Waals surface area (Å²) in [6, 6.07) is 1.35. The van der Waals surface area contributed by atoms with Crippen molar-refractivity contribution in [2.45, 2.75) is 71.1 Å². The van der Waals surface area contributed by atoms with Gasteiger partial charge in [0.25, 0.3) is 0 Å². The third-order valence-corrected chi connectivity index (χ3v) is 5.34. The highest BCUT2D eigenvalue weighted by atomic mass is 16.4. The Kier molecular flexibility index (Phi) is 11.8. The first-order chi connectivity index (χ1) is 16.7. The van der Waals surface area contributed by atoms with Crippen molar-refractivity contribution in [1.29, 1.82) is 0 Å². The number of aromatic hydroxyl groups is 1. The second-order valence-electron chi connectivity index (χ2n) is 9.47. The van der Waals surface area contributed by atoms with Gasteiger partial charge in [0.2, 0.25) is 23.6 Å². The van der Waals surface area contributed by atoms with E-state index in [1.807, 2.05) is 13.8 Å². The van der Waals surface area contributed by atoms with Gasteiger partial charge in [-0.15, -0.1) is 0 Å². The highest BCUT2D eigenvalue weighted by Crippen LogP contribution is 2.13. The van der Waals surface area contributed by atoms with Crippen LogP contribution in [0.25, 0.3) is 0 Å². The van der Waals surface area contributed by atoms with Crippen LogP contribution in [-0.4, -0.2) is 64.0 Å². The molecule has 200 valence electrons. The summed E-state index contributed by atoms with van der Waals surface area (Å²) in [4.78, 5) is 61.3. The number of hydrogen-bond acceptors (Lipinski definition) is 7. The van der Waals surface area contributed by atoms with Crippen LogP contribution in [0.4, 0.5) is 0 Å². The van der Waals surface area contributed by atoms with Gasteiger partial charge in [-0.1, -0.05) is 39.8 Å². The van der Waals surface area contributed by atoms with Crippen molar-refractivity contribution in [3.05, 3.63) is 29.8 Å². The minimum Gasteiger partial charge on any atom is -0.508 e. The topological polar surface area (TPSA) is 214 Å². The standard InChI is InChI=1S/C24H37N5O7/c1-12(2)9-16(25)21(32)27-17(10-14-5-7-15(30)8-6-14)22(33)29-20(13(3)4)23(34)28-18(24(35)36)11-19(26)31/h5-8,12-13,16-18,20,30H,9-11,25H2,1-4H3,(H2,26,31)(H,27,32)(H,28,34)(H,29,33)(H,35,36). The molecule has 1 aromatic rings. The fourth-order valence-electron chi connectivity index (χ4n) is 3.42. The Morgan fingerprint density at radius 2 is 1.42 bits per heavy atom. The molecule has 1 aromatic carbocycles. The molecule has 36 heavy (non-hydrogen) atoms. The zero-order valence-corrected chi connectivity index (χ0v) is 21.0. The van der Waals surface area contributed by atoms with Crippen molar-refractivity contribution in [2.75, 3.05) is 0 Å². The largest absolute Gasteiger partial charge is 0.508 e. The summed E-state index contributed by atoms with van der Waals surface area (Å²) >= 11 is 0. The van der Waals surface area contributed by atoms with Crippen molar-refractivity contribution in [3.8, 4) is 5.75 Å². The number of carboxylic acid groups (broad SMARTS) is 1. The molecule has 9 N–H and O–H groups in total. The Hall–Kier alpha value is -3.67. The summed E-state index contributed by atoms with van der Waals surface area (Å²) in [5.74, 6) is -4.71. The molecule has 0 fully saturated rings. The molecule has 1 rings (SSSR count). The molecule has 4 unspecified atom stereocenters. The molecule has 0 saturated carbocycles. The van der Waals surface area contributed by atoms with Gasteiger partial charge in [0.15, 0.2) is 0 Å². The molecule has 0 heterocycles. The Morgan fingerprint density at radius 1 is 0.861 bits per heavy atom. The highest BCUT2D eigenvalue weighted by molar-refractivity contribution is 5.95. The molecule has 0 aliphatic heterocycles. The summed E-state index contributed by atoms with van der Waals surface area (Å²) in [5, 5.41) is 26.2. The van der Waals surface area contributed by atoms with Gasteiger partial charge in [-0.25, -0.2) is 4.79 Å². The van der Waals surface area contributed by atoms with Crippen molar-refractivity contribution in [3.63, 3.8) is 0 Å². The number of rotatable bonds is 14. The van der Waals surface area contributed by atoms with Crippen LogP contribution in [-0.2, 0) is 30.4 Å². The minimum absolute atomic E-state index is 0.0308. The van der Waals surface area contributed by atoms with E-state index in [0.29, 0.717) is 12.0 Å². The van der Waals surface area contributed by atoms with E-state index in [0.717, 1.165) is 0 Å². The number of nitrogens with two attached hydrogens (primary N) is 2. The lowest BCUT2D eigenvalue weighted by atomic mass is 9.99. The number of carboxylic acids is 1. The van der Waals surface area contributed by atoms with E-state index in [9.17, 15) is 34.2 Å². The van der Waals surface area contributed by atoms with Crippen LogP contribution < -0.4 is 27.4 Å². The number of nitrogens with one attached hydrogen (secondary N) is 3. The van der Waals surface area contributed by atoms with Crippen LogP contribution in [0.2, 0.25) is 0 Å². The molecule has 0 bridgehead atoms. The zero-order valence-electron chi connectivity index (χ0n) is 21.0. The number of hydrogen-bond donors (Lipinski definition) is 7. The number of phenols is 1. The number of phenolic OH excluding ortho intramolecular Hbond substituents is 1. The van der Waals surface area contributed by atoms with Crippen LogP contribution in [0.5, 0.6) is 5.75 Å². The minimum atomic E-state index is -1.56. The van der Waals surface area contributed by atoms with Crippen LogP contribution in [0.1, 0.15) is 46.1 Å². The number of amides is 4. The molecular formula is C24H37N5O7. The maximum Gasteiger partial charge on any atom is 0.326 e. The van der Waals surface area contributed by atoms with E-state index in [1.165, 1.54) is 12.1 Å². The molecule has 12 heteroatoms. The van der Waals surface area contributed by atoms with Crippen LogP contribution in [0, 0.1) is 11.8 Å². The van der Waals surface area contributed by atoms with Gasteiger partial charge in [-0.3, -0.25) is 19.2 Å². The van der Waals surface area contributed by atoms with Gasteiger partial charge in [0, 0.05) is 6.42 Å². The summed E-state index contributed by atoms with van der Waals surface area (Å²) in [6.45, 7) is 7.09. The molecule has 0 aliphatic carbocycles. The van der Waals surface area contributed by atoms with E-state index < -0.39 is 66.1 Å². The van der Waals surface area contributed by atoms with E-state index in [2.05, 4.69) is 16.0 Å². The van der Waals surface area contributed by atoms with Gasteiger partial charge >= 0.3 is 5.97 Å². The normalized spacial score (nSPS) is 14.4. The fraction of sp³-hybridized carbons (Fsp3) is 0.542. The van der Waals surface area contributed by atoms with Gasteiger partial charge in [-0.2, -0.15) is 0 Å². The van der Waals surface area contributed by atoms with Crippen LogP contribution in [0.15, 0.2) is 24.3 Å². The number of carbonyl (C=O) groups is 5. The Labute approximate surface area is 210 Å². The number of primary amides is 1. The van der Waals surface area contributed by atoms with Crippen molar-refractivity contribution >= 4 is 29.6 Å². The Bertz CT molecular complexity index is 933. The number of benzene rings is 1. The van der Waals surface area contributed by atoms with Crippen molar-refractivity contribution in [1.82, 2.24) is 16.0 Å². The third-order valence-electron chi connectivity index (χ3n) is 5.34. The first kappa shape index (κ1) is 30.4. The lowest BCUT2D eigenvalue weighted by molar-refractivity contribution is -0.144. The van der Waals surface area contributed by atoms with Gasteiger partial charge < -0.3 is 37.6 Å². The Balaban J connectivity index is 3.11. The second kappa shape index (κ2) is 14.0. The maximum absolute atomic E-state index is 13.2. The summed E-state index contributed by atoms with van der Waals surface area (Å²) < 4.78 is 0. The zero-order chi connectivity index (χ0) is 27.6. The molecule has 0 spiro atoms. The lowest BCUT2D eigenvalue weighted by Gasteiger charge is -2.27. The summed E-state index contributed by atoms with van der Waals surface area (Å²) in [7, 11) is 0. The smallest absolute Gasteiger partial charge is 0.326 e. The maximum atomic E-state index is 13.2. The second-order valence-corrected chi connectivity index (χ2v) is 9.47. The van der Waals surface area contributed by atoms with Gasteiger partial charge in [0.1, 0.15) is 23.9 Å². The van der Waals surface area contributed by atoms with E-state index in [4.69, 9.17) is 11.5 Å². The average molecular weight is 508 g/mol. The molecule has 4 amide bonds. The predicted molar refractivity (Wildman–Crippen MR) is 131 cm³/mol. The van der Waals surface area contributed by atoms with Gasteiger partial charge in [0.05, 0.1) is 12.5 Å². The average Bonchev–Trinajstić information content (AvgIpc) is 2.76. The molecule has 12 nitrogen and oxygen atoms in total. The number of carbonyl (C=O) groups excluding carboxylic acids is 4. The Morgan fingerprint density at radius 3 is 1.89 bits per heavy atom. The fourth-order valence-corrected chi connectivity index (χ4v) is 3.42. The van der Waals surface area contributed by atoms with E-state index in [-0.39, 0.29) is 18.1 Å². The first-order valence-electron chi connectivity index (χ1n) is 11.7. The van der Waals surface area contributed by atoms with Crippen molar-refractivity contribution < 1.29 is 34.2 Å².